The molecule has 31 heavy (non-hydrogen) atoms. The number of hydrogen-bond acceptors (Lipinski definition) is 6. The SMILES string of the molecule is CCOC(=O)c1nn(-c2ccccc2C)c(=O)cc1OCC(=O)Nc1ccccc1Cl. The van der Waals surface area contributed by atoms with Gasteiger partial charge < -0.3 is 14.8 Å². The number of carbonyl (C=O) groups excluding carboxylic acids is 2. The first-order chi connectivity index (χ1) is 14.9. The van der Waals surface area contributed by atoms with Gasteiger partial charge >= 0.3 is 5.97 Å². The van der Waals surface area contributed by atoms with Crippen LogP contribution in [-0.4, -0.2) is 34.9 Å². The summed E-state index contributed by atoms with van der Waals surface area (Å²) in [7, 11) is 0. The van der Waals surface area contributed by atoms with Gasteiger partial charge in [0.05, 0.1) is 29.1 Å². The van der Waals surface area contributed by atoms with E-state index in [9.17, 15) is 14.4 Å². The number of para-hydroxylation sites is 2. The van der Waals surface area contributed by atoms with Crippen molar-refractivity contribution in [2.24, 2.45) is 0 Å². The Morgan fingerprint density at radius 2 is 1.84 bits per heavy atom. The van der Waals surface area contributed by atoms with E-state index in [4.69, 9.17) is 21.1 Å². The van der Waals surface area contributed by atoms with Crippen LogP contribution in [-0.2, 0) is 9.53 Å². The zero-order valence-corrected chi connectivity index (χ0v) is 17.7. The van der Waals surface area contributed by atoms with Gasteiger partial charge in [-0.25, -0.2) is 4.79 Å². The van der Waals surface area contributed by atoms with E-state index in [0.29, 0.717) is 16.4 Å². The molecule has 8 nitrogen and oxygen atoms in total. The van der Waals surface area contributed by atoms with Crippen LogP contribution in [0, 0.1) is 6.92 Å². The third-order valence-electron chi connectivity index (χ3n) is 4.22. The Morgan fingerprint density at radius 3 is 2.55 bits per heavy atom. The molecule has 0 bridgehead atoms. The number of benzene rings is 2. The zero-order valence-electron chi connectivity index (χ0n) is 16.9. The molecular weight excluding hydrogens is 422 g/mol. The second kappa shape index (κ2) is 9.90. The van der Waals surface area contributed by atoms with Crippen LogP contribution >= 0.6 is 11.6 Å². The summed E-state index contributed by atoms with van der Waals surface area (Å²) >= 11 is 6.03. The van der Waals surface area contributed by atoms with Crippen LogP contribution in [0.15, 0.2) is 59.4 Å². The number of nitrogens with zero attached hydrogens (tertiary/aromatic N) is 2. The predicted molar refractivity (Wildman–Crippen MR) is 116 cm³/mol. The first-order valence-corrected chi connectivity index (χ1v) is 9.83. The summed E-state index contributed by atoms with van der Waals surface area (Å²) in [5.41, 5.74) is 0.983. The zero-order chi connectivity index (χ0) is 22.4. The van der Waals surface area contributed by atoms with Gasteiger partial charge in [0.15, 0.2) is 12.4 Å². The van der Waals surface area contributed by atoms with E-state index < -0.39 is 24.0 Å². The molecule has 1 aromatic heterocycles. The maximum absolute atomic E-state index is 12.7. The standard InChI is InChI=1S/C22H20ClN3O5/c1-3-30-22(29)21-18(31-13-19(27)24-16-10-6-5-9-15(16)23)12-20(28)26(25-21)17-11-7-4-8-14(17)2/h4-12H,3,13H2,1-2H3,(H,24,27). The van der Waals surface area contributed by atoms with Crippen molar-refractivity contribution in [2.75, 3.05) is 18.5 Å². The monoisotopic (exact) mass is 441 g/mol. The van der Waals surface area contributed by atoms with Gasteiger partial charge in [0.1, 0.15) is 0 Å². The Kier molecular flexibility index (Phi) is 7.04. The quantitative estimate of drug-likeness (QED) is 0.564. The molecule has 0 radical (unpaired) electrons. The third-order valence-corrected chi connectivity index (χ3v) is 4.55. The molecule has 0 aliphatic rings. The first kappa shape index (κ1) is 22.0. The molecule has 0 spiro atoms. The van der Waals surface area contributed by atoms with Crippen molar-refractivity contribution < 1.29 is 19.1 Å². The van der Waals surface area contributed by atoms with Gasteiger partial charge in [-0.1, -0.05) is 41.9 Å². The summed E-state index contributed by atoms with van der Waals surface area (Å²) in [6.07, 6.45) is 0. The van der Waals surface area contributed by atoms with E-state index in [2.05, 4.69) is 10.4 Å². The number of esters is 1. The number of amides is 1. The summed E-state index contributed by atoms with van der Waals surface area (Å²) in [5.74, 6) is -1.44. The summed E-state index contributed by atoms with van der Waals surface area (Å²) in [6.45, 7) is 3.10. The molecule has 0 aliphatic carbocycles. The minimum Gasteiger partial charge on any atom is -0.481 e. The van der Waals surface area contributed by atoms with Crippen LogP contribution in [0.3, 0.4) is 0 Å². The fraction of sp³-hybridized carbons (Fsp3) is 0.182. The maximum Gasteiger partial charge on any atom is 0.362 e. The van der Waals surface area contributed by atoms with Crippen LogP contribution in [0.2, 0.25) is 5.02 Å². The lowest BCUT2D eigenvalue weighted by atomic mass is 10.2. The van der Waals surface area contributed by atoms with Crippen molar-refractivity contribution in [2.45, 2.75) is 13.8 Å². The molecule has 1 amide bonds. The number of rotatable bonds is 7. The number of anilines is 1. The minimum atomic E-state index is -0.772. The summed E-state index contributed by atoms with van der Waals surface area (Å²) in [6, 6.07) is 14.9. The molecule has 0 saturated heterocycles. The molecule has 3 aromatic rings. The summed E-state index contributed by atoms with van der Waals surface area (Å²) in [5, 5.41) is 7.11. The van der Waals surface area contributed by atoms with E-state index in [1.807, 2.05) is 19.1 Å². The number of nitrogens with one attached hydrogen (secondary N) is 1. The Labute approximate surface area is 183 Å². The number of hydrogen-bond donors (Lipinski definition) is 1. The lowest BCUT2D eigenvalue weighted by molar-refractivity contribution is -0.118. The molecule has 0 aliphatic heterocycles. The highest BCUT2D eigenvalue weighted by Crippen LogP contribution is 2.21. The van der Waals surface area contributed by atoms with Crippen molar-refractivity contribution in [1.29, 1.82) is 0 Å². The number of halogens is 1. The molecule has 2 aromatic carbocycles. The maximum atomic E-state index is 12.7. The van der Waals surface area contributed by atoms with Gasteiger partial charge in [-0.15, -0.1) is 0 Å². The van der Waals surface area contributed by atoms with E-state index >= 15 is 0 Å². The molecule has 0 atom stereocenters. The van der Waals surface area contributed by atoms with Gasteiger partial charge in [-0.05, 0) is 37.6 Å². The average Bonchev–Trinajstić information content (AvgIpc) is 2.75. The fourth-order valence-electron chi connectivity index (χ4n) is 2.76. The minimum absolute atomic E-state index is 0.108. The second-order valence-corrected chi connectivity index (χ2v) is 6.84. The Hall–Kier alpha value is -3.65. The number of aryl methyl sites for hydroxylation is 1. The molecule has 0 fully saturated rings. The van der Waals surface area contributed by atoms with Crippen LogP contribution in [0.25, 0.3) is 5.69 Å². The summed E-state index contributed by atoms with van der Waals surface area (Å²) in [4.78, 5) is 37.3. The van der Waals surface area contributed by atoms with Crippen LogP contribution in [0.4, 0.5) is 5.69 Å². The van der Waals surface area contributed by atoms with Crippen LogP contribution < -0.4 is 15.6 Å². The second-order valence-electron chi connectivity index (χ2n) is 6.43. The Balaban J connectivity index is 1.88. The lowest BCUT2D eigenvalue weighted by Gasteiger charge is -2.13. The topological polar surface area (TPSA) is 99.5 Å². The molecule has 1 heterocycles. The highest BCUT2D eigenvalue weighted by atomic mass is 35.5. The number of ether oxygens (including phenoxy) is 2. The van der Waals surface area contributed by atoms with E-state index in [-0.39, 0.29) is 18.1 Å². The normalized spacial score (nSPS) is 10.4. The molecular formula is C22H20ClN3O5. The highest BCUT2D eigenvalue weighted by Gasteiger charge is 2.21. The van der Waals surface area contributed by atoms with Crippen molar-refractivity contribution in [3.8, 4) is 11.4 Å². The molecule has 0 saturated carbocycles. The van der Waals surface area contributed by atoms with Crippen molar-refractivity contribution in [1.82, 2.24) is 9.78 Å². The average molecular weight is 442 g/mol. The van der Waals surface area contributed by atoms with Crippen LogP contribution in [0.5, 0.6) is 5.75 Å². The largest absolute Gasteiger partial charge is 0.481 e. The summed E-state index contributed by atoms with van der Waals surface area (Å²) < 4.78 is 11.6. The third kappa shape index (κ3) is 5.29. The molecule has 9 heteroatoms. The van der Waals surface area contributed by atoms with Crippen LogP contribution in [0.1, 0.15) is 23.0 Å². The van der Waals surface area contributed by atoms with E-state index in [0.717, 1.165) is 16.3 Å². The van der Waals surface area contributed by atoms with Gasteiger partial charge in [-0.3, -0.25) is 9.59 Å². The highest BCUT2D eigenvalue weighted by molar-refractivity contribution is 6.33. The van der Waals surface area contributed by atoms with Crippen molar-refractivity contribution in [3.63, 3.8) is 0 Å². The van der Waals surface area contributed by atoms with Crippen molar-refractivity contribution in [3.05, 3.63) is 81.2 Å². The molecule has 160 valence electrons. The lowest BCUT2D eigenvalue weighted by Crippen LogP contribution is -2.27. The number of carbonyl (C=O) groups is 2. The van der Waals surface area contributed by atoms with Gasteiger partial charge in [0.25, 0.3) is 11.5 Å². The van der Waals surface area contributed by atoms with Crippen molar-refractivity contribution >= 4 is 29.2 Å². The first-order valence-electron chi connectivity index (χ1n) is 9.45. The fourth-order valence-corrected chi connectivity index (χ4v) is 2.94. The Morgan fingerprint density at radius 1 is 1.13 bits per heavy atom. The molecule has 1 N–H and O–H groups in total. The smallest absolute Gasteiger partial charge is 0.362 e. The van der Waals surface area contributed by atoms with E-state index in [1.165, 1.54) is 0 Å². The van der Waals surface area contributed by atoms with Gasteiger partial charge in [0, 0.05) is 0 Å². The van der Waals surface area contributed by atoms with Gasteiger partial charge in [-0.2, -0.15) is 9.78 Å². The van der Waals surface area contributed by atoms with E-state index in [1.54, 1.807) is 43.3 Å². The molecule has 3 rings (SSSR count). The number of aromatic nitrogens is 2. The Bertz CT molecular complexity index is 1180. The van der Waals surface area contributed by atoms with Gasteiger partial charge in [0.2, 0.25) is 5.69 Å². The predicted octanol–water partition coefficient (Wildman–Crippen LogP) is 3.39. The molecule has 0 unspecified atom stereocenters.